The Kier molecular flexibility index (Phi) is 61.4. The van der Waals surface area contributed by atoms with Gasteiger partial charge in [0.05, 0.1) is 25.4 Å². The van der Waals surface area contributed by atoms with E-state index in [1.807, 2.05) is 6.08 Å². The highest BCUT2D eigenvalue weighted by molar-refractivity contribution is 5.76. The van der Waals surface area contributed by atoms with E-state index in [4.69, 9.17) is 9.47 Å². The molecule has 9 heteroatoms. The first-order valence-electron chi connectivity index (χ1n) is 36.5. The van der Waals surface area contributed by atoms with E-state index in [1.54, 1.807) is 6.08 Å². The predicted octanol–water partition coefficient (Wildman–Crippen LogP) is 20.3. The maximum atomic E-state index is 13.1. The maximum absolute atomic E-state index is 13.1. The van der Waals surface area contributed by atoms with Crippen LogP contribution in [0.5, 0.6) is 0 Å². The van der Waals surface area contributed by atoms with Gasteiger partial charge in [-0.25, -0.2) is 0 Å². The lowest BCUT2D eigenvalue weighted by molar-refractivity contribution is -0.302. The van der Waals surface area contributed by atoms with Crippen LogP contribution >= 0.6 is 0 Å². The van der Waals surface area contributed by atoms with Crippen molar-refractivity contribution in [3.8, 4) is 0 Å². The smallest absolute Gasteiger partial charge is 0.220 e. The summed E-state index contributed by atoms with van der Waals surface area (Å²) in [6.45, 7) is 3.69. The average molecular weight is 1200 g/mol. The van der Waals surface area contributed by atoms with Crippen LogP contribution in [0.15, 0.2) is 97.2 Å². The van der Waals surface area contributed by atoms with E-state index in [2.05, 4.69) is 104 Å². The standard InChI is InChI=1S/C77H137NO8/c1-3-5-7-9-11-13-15-17-19-21-23-25-27-29-31-32-33-34-35-36-37-38-39-40-41-43-45-47-49-51-53-55-57-59-61-63-65-67-73(81)78-70(69-85-77-76(84)75(83)74(82)72(68-79)86-77)71(80)66-64-62-60-58-56-54-52-50-48-46-44-42-30-28-26-24-22-20-18-16-14-12-10-8-6-4-2/h5,7,11,13,17,19,23,25,29,31,33-34,56,58,64,66,70-72,74-77,79-80,82-84H,3-4,6,8-10,12,14-16,18,20-22,24,26-28,30,32,35-55,57,59-63,65,67-69H2,1-2H3,(H,78,81)/b7-5-,13-11-,19-17-,25-23-,31-29-,34-33-,58-56+,66-64+. The van der Waals surface area contributed by atoms with E-state index in [1.165, 1.54) is 231 Å². The van der Waals surface area contributed by atoms with Gasteiger partial charge in [-0.05, 0) is 83.5 Å². The SMILES string of the molecule is CC/C=C\C/C=C\C/C=C\C/C=C\C/C=C\C/C=C\CCCCCCCCCCCCCCCCCCCCC(=O)NC(COC1OC(CO)C(O)C(O)C1O)C(O)/C=C/CC/C=C/CCCCCCCCCCCCCCCCCCCCCC. The minimum atomic E-state index is -1.58. The van der Waals surface area contributed by atoms with E-state index >= 15 is 0 Å². The van der Waals surface area contributed by atoms with Gasteiger partial charge in [0.25, 0.3) is 0 Å². The van der Waals surface area contributed by atoms with Crippen molar-refractivity contribution in [2.45, 2.75) is 371 Å². The second-order valence-corrected chi connectivity index (χ2v) is 25.0. The molecule has 1 aliphatic rings. The fourth-order valence-corrected chi connectivity index (χ4v) is 11.2. The molecule has 0 radical (unpaired) electrons. The number of nitrogens with one attached hydrogen (secondary N) is 1. The van der Waals surface area contributed by atoms with E-state index in [0.29, 0.717) is 6.42 Å². The van der Waals surface area contributed by atoms with Crippen LogP contribution < -0.4 is 5.32 Å². The van der Waals surface area contributed by atoms with Crippen LogP contribution in [0.1, 0.15) is 328 Å². The lowest BCUT2D eigenvalue weighted by Gasteiger charge is -2.40. The first-order chi connectivity index (χ1) is 42.3. The minimum absolute atomic E-state index is 0.184. The van der Waals surface area contributed by atoms with E-state index in [-0.39, 0.29) is 12.5 Å². The van der Waals surface area contributed by atoms with Crippen LogP contribution in [0.4, 0.5) is 0 Å². The summed E-state index contributed by atoms with van der Waals surface area (Å²) in [6.07, 6.45) is 88.1. The highest BCUT2D eigenvalue weighted by atomic mass is 16.7. The van der Waals surface area contributed by atoms with Gasteiger partial charge < -0.3 is 40.3 Å². The number of rotatable bonds is 63. The first-order valence-corrected chi connectivity index (χ1v) is 36.5. The van der Waals surface area contributed by atoms with Gasteiger partial charge in [-0.2, -0.15) is 0 Å². The number of amides is 1. The molecule has 0 aromatic heterocycles. The second-order valence-electron chi connectivity index (χ2n) is 25.0. The van der Waals surface area contributed by atoms with Gasteiger partial charge in [-0.1, -0.05) is 336 Å². The van der Waals surface area contributed by atoms with Gasteiger partial charge in [-0.3, -0.25) is 4.79 Å². The monoisotopic (exact) mass is 1200 g/mol. The highest BCUT2D eigenvalue weighted by Crippen LogP contribution is 2.23. The van der Waals surface area contributed by atoms with E-state index < -0.39 is 49.5 Å². The summed E-state index contributed by atoms with van der Waals surface area (Å²) in [5.41, 5.74) is 0. The van der Waals surface area contributed by atoms with Gasteiger partial charge in [0.1, 0.15) is 24.4 Å². The number of unbranched alkanes of at least 4 members (excludes halogenated alkanes) is 39. The third-order valence-electron chi connectivity index (χ3n) is 16.9. The molecule has 1 fully saturated rings. The van der Waals surface area contributed by atoms with Crippen LogP contribution in [0.25, 0.3) is 0 Å². The normalized spacial score (nSPS) is 18.6. The van der Waals surface area contributed by atoms with Crippen molar-refractivity contribution in [1.29, 1.82) is 0 Å². The number of aliphatic hydroxyl groups excluding tert-OH is 5. The zero-order chi connectivity index (χ0) is 62.1. The first kappa shape index (κ1) is 81.1. The maximum Gasteiger partial charge on any atom is 0.220 e. The van der Waals surface area contributed by atoms with E-state index in [9.17, 15) is 30.3 Å². The Morgan fingerprint density at radius 2 is 0.733 bits per heavy atom. The zero-order valence-corrected chi connectivity index (χ0v) is 55.8. The number of allylic oxidation sites excluding steroid dienone is 15. The molecule has 0 bridgehead atoms. The average Bonchev–Trinajstić information content (AvgIpc) is 2.44. The van der Waals surface area contributed by atoms with Crippen molar-refractivity contribution in [2.24, 2.45) is 0 Å². The molecule has 1 rings (SSSR count). The lowest BCUT2D eigenvalue weighted by Crippen LogP contribution is -2.60. The highest BCUT2D eigenvalue weighted by Gasteiger charge is 2.44. The molecule has 7 atom stereocenters. The number of ether oxygens (including phenoxy) is 2. The Balaban J connectivity index is 2.12. The largest absolute Gasteiger partial charge is 0.394 e. The Bertz CT molecular complexity index is 1680. The van der Waals surface area contributed by atoms with Gasteiger partial charge >= 0.3 is 0 Å². The molecule has 1 amide bonds. The second kappa shape index (κ2) is 65.1. The summed E-state index contributed by atoms with van der Waals surface area (Å²) >= 11 is 0. The van der Waals surface area contributed by atoms with Gasteiger partial charge in [0.2, 0.25) is 5.91 Å². The third-order valence-corrected chi connectivity index (χ3v) is 16.9. The molecule has 1 saturated heterocycles. The molecule has 9 nitrogen and oxygen atoms in total. The Morgan fingerprint density at radius 1 is 0.407 bits per heavy atom. The molecule has 498 valence electrons. The zero-order valence-electron chi connectivity index (χ0n) is 55.8. The van der Waals surface area contributed by atoms with Gasteiger partial charge in [0, 0.05) is 6.42 Å². The summed E-state index contributed by atoms with van der Waals surface area (Å²) in [5, 5.41) is 54.8. The van der Waals surface area contributed by atoms with Crippen LogP contribution in [0, 0.1) is 0 Å². The summed E-state index contributed by atoms with van der Waals surface area (Å²) in [5.74, 6) is -0.184. The number of aliphatic hydroxyl groups is 5. The molecule has 6 N–H and O–H groups in total. The molecular weight excluding hydrogens is 1070 g/mol. The fraction of sp³-hybridized carbons (Fsp3) is 0.779. The number of hydrogen-bond donors (Lipinski definition) is 6. The Hall–Kier alpha value is -2.89. The molecule has 0 saturated carbocycles. The Labute approximate surface area is 530 Å². The Morgan fingerprint density at radius 3 is 1.12 bits per heavy atom. The van der Waals surface area contributed by atoms with Crippen LogP contribution in [-0.4, -0.2) is 87.5 Å². The van der Waals surface area contributed by atoms with Gasteiger partial charge in [-0.15, -0.1) is 0 Å². The van der Waals surface area contributed by atoms with E-state index in [0.717, 1.165) is 77.0 Å². The number of carbonyl (C=O) groups is 1. The van der Waals surface area contributed by atoms with Crippen molar-refractivity contribution >= 4 is 5.91 Å². The molecule has 0 aromatic carbocycles. The summed E-state index contributed by atoms with van der Waals surface area (Å²) in [6, 6.07) is -0.827. The van der Waals surface area contributed by atoms with Crippen molar-refractivity contribution in [3.63, 3.8) is 0 Å². The quantitative estimate of drug-likeness (QED) is 0.0261. The molecule has 86 heavy (non-hydrogen) atoms. The predicted molar refractivity (Wildman–Crippen MR) is 368 cm³/mol. The third kappa shape index (κ3) is 53.0. The number of carbonyl (C=O) groups excluding carboxylic acids is 1. The topological polar surface area (TPSA) is 149 Å². The fourth-order valence-electron chi connectivity index (χ4n) is 11.2. The molecule has 1 heterocycles. The van der Waals surface area contributed by atoms with Crippen molar-refractivity contribution < 1.29 is 39.8 Å². The van der Waals surface area contributed by atoms with Crippen molar-refractivity contribution in [2.75, 3.05) is 13.2 Å². The van der Waals surface area contributed by atoms with Crippen LogP contribution in [0.2, 0.25) is 0 Å². The van der Waals surface area contributed by atoms with Crippen molar-refractivity contribution in [3.05, 3.63) is 97.2 Å². The molecule has 0 spiro atoms. The minimum Gasteiger partial charge on any atom is -0.394 e. The molecular formula is C77H137NO8. The molecule has 0 aliphatic carbocycles. The molecule has 7 unspecified atom stereocenters. The summed E-state index contributed by atoms with van der Waals surface area (Å²) in [7, 11) is 0. The summed E-state index contributed by atoms with van der Waals surface area (Å²) in [4.78, 5) is 13.1. The molecule has 0 aromatic rings. The lowest BCUT2D eigenvalue weighted by atomic mass is 9.99. The van der Waals surface area contributed by atoms with Crippen LogP contribution in [-0.2, 0) is 14.3 Å². The van der Waals surface area contributed by atoms with Crippen molar-refractivity contribution in [1.82, 2.24) is 5.32 Å². The van der Waals surface area contributed by atoms with Gasteiger partial charge in [0.15, 0.2) is 6.29 Å². The summed E-state index contributed by atoms with van der Waals surface area (Å²) < 4.78 is 11.3. The molecule has 1 aliphatic heterocycles. The van der Waals surface area contributed by atoms with Crippen LogP contribution in [0.3, 0.4) is 0 Å². The number of hydrogen-bond acceptors (Lipinski definition) is 8.